The maximum atomic E-state index is 10.9. The summed E-state index contributed by atoms with van der Waals surface area (Å²) in [5.41, 5.74) is -0.0139. The Bertz CT molecular complexity index is 958. The van der Waals surface area contributed by atoms with Crippen LogP contribution in [0.25, 0.3) is 0 Å². The van der Waals surface area contributed by atoms with E-state index in [1.54, 1.807) is 0 Å². The van der Waals surface area contributed by atoms with E-state index in [4.69, 9.17) is 23.7 Å². The summed E-state index contributed by atoms with van der Waals surface area (Å²) >= 11 is 0. The Kier molecular flexibility index (Phi) is 12.1. The minimum absolute atomic E-state index is 0.0139. The van der Waals surface area contributed by atoms with Crippen LogP contribution in [0, 0.1) is 0 Å². The summed E-state index contributed by atoms with van der Waals surface area (Å²) in [6.07, 6.45) is -26.2. The zero-order valence-electron chi connectivity index (χ0n) is 23.5. The summed E-state index contributed by atoms with van der Waals surface area (Å²) in [6, 6.07) is -2.31. The number of ether oxygens (including phenoxy) is 5. The molecule has 19 heteroatoms. The summed E-state index contributed by atoms with van der Waals surface area (Å²) in [5, 5.41) is 136. The molecule has 3 saturated heterocycles. The van der Waals surface area contributed by atoms with Crippen molar-refractivity contribution in [3.05, 3.63) is 11.6 Å². The van der Waals surface area contributed by atoms with Crippen LogP contribution in [0.1, 0.15) is 6.92 Å². The average Bonchev–Trinajstić information content (AvgIpc) is 3.00. The van der Waals surface area contributed by atoms with Crippen molar-refractivity contribution in [1.82, 2.24) is 5.32 Å². The first kappa shape index (κ1) is 35.8. The molecule has 44 heavy (non-hydrogen) atoms. The molecule has 14 N–H and O–H groups in total. The van der Waals surface area contributed by atoms with Crippen LogP contribution in [0.3, 0.4) is 0 Å². The van der Waals surface area contributed by atoms with Crippen molar-refractivity contribution < 1.29 is 90.1 Å². The van der Waals surface area contributed by atoms with Crippen LogP contribution in [-0.4, -0.2) is 203 Å². The van der Waals surface area contributed by atoms with E-state index in [9.17, 15) is 66.4 Å². The third kappa shape index (κ3) is 6.96. The number of hydrogen-bond acceptors (Lipinski definition) is 19. The number of nitrogens with one attached hydrogen (secondary N) is 1. The number of aliphatic hydroxyl groups excluding tert-OH is 13. The quantitative estimate of drug-likeness (QED) is 0.103. The molecule has 4 rings (SSSR count). The number of aliphatic hydroxyl groups is 13. The van der Waals surface area contributed by atoms with Crippen molar-refractivity contribution >= 4 is 0 Å². The highest BCUT2D eigenvalue weighted by Crippen LogP contribution is 2.32. The lowest BCUT2D eigenvalue weighted by molar-refractivity contribution is -0.345. The molecule has 19 atom stereocenters. The lowest BCUT2D eigenvalue weighted by Gasteiger charge is -2.47. The topological polar surface area (TPSA) is 321 Å². The molecule has 3 heterocycles. The summed E-state index contributed by atoms with van der Waals surface area (Å²) in [5.74, 6) is 0. The molecular weight excluding hydrogens is 602 g/mol. The normalized spacial score (nSPS) is 52.0. The molecule has 4 aliphatic rings. The molecule has 0 aromatic carbocycles. The molecule has 19 nitrogen and oxygen atoms in total. The van der Waals surface area contributed by atoms with Gasteiger partial charge in [0, 0.05) is 0 Å². The lowest BCUT2D eigenvalue weighted by Crippen LogP contribution is -2.68. The van der Waals surface area contributed by atoms with Crippen molar-refractivity contribution in [2.45, 2.75) is 123 Å². The average molecular weight is 646 g/mol. The maximum absolute atomic E-state index is 10.9. The Hall–Kier alpha value is -1.02. The van der Waals surface area contributed by atoms with E-state index >= 15 is 0 Å². The number of hydrogen-bond donors (Lipinski definition) is 14. The molecular formula is C25H43NO18. The van der Waals surface area contributed by atoms with Crippen LogP contribution in [0.4, 0.5) is 0 Å². The Labute approximate surface area is 250 Å². The van der Waals surface area contributed by atoms with E-state index in [0.29, 0.717) is 0 Å². The predicted molar refractivity (Wildman–Crippen MR) is 138 cm³/mol. The van der Waals surface area contributed by atoms with Crippen LogP contribution in [-0.2, 0) is 23.7 Å². The van der Waals surface area contributed by atoms with E-state index < -0.39 is 136 Å². The van der Waals surface area contributed by atoms with E-state index in [-0.39, 0.29) is 5.57 Å². The monoisotopic (exact) mass is 645 g/mol. The zero-order chi connectivity index (χ0) is 32.6. The molecule has 0 saturated carbocycles. The van der Waals surface area contributed by atoms with Gasteiger partial charge in [0.2, 0.25) is 0 Å². The Balaban J connectivity index is 1.44. The fraction of sp³-hybridized carbons (Fsp3) is 0.920. The van der Waals surface area contributed by atoms with E-state index in [0.717, 1.165) is 0 Å². The van der Waals surface area contributed by atoms with Crippen LogP contribution in [0.5, 0.6) is 0 Å². The van der Waals surface area contributed by atoms with Gasteiger partial charge in [-0.15, -0.1) is 0 Å². The first-order valence-corrected chi connectivity index (χ1v) is 14.1. The maximum Gasteiger partial charge on any atom is 0.187 e. The highest BCUT2D eigenvalue weighted by molar-refractivity contribution is 5.23. The van der Waals surface area contributed by atoms with Crippen molar-refractivity contribution in [3.63, 3.8) is 0 Å². The molecule has 0 amide bonds. The van der Waals surface area contributed by atoms with E-state index in [2.05, 4.69) is 5.32 Å². The van der Waals surface area contributed by atoms with Gasteiger partial charge in [-0.3, -0.25) is 0 Å². The lowest BCUT2D eigenvalue weighted by atomic mass is 9.86. The van der Waals surface area contributed by atoms with Gasteiger partial charge in [-0.1, -0.05) is 6.08 Å². The highest BCUT2D eigenvalue weighted by atomic mass is 16.7. The molecule has 3 aliphatic heterocycles. The smallest absolute Gasteiger partial charge is 0.187 e. The molecule has 3 fully saturated rings. The zero-order valence-corrected chi connectivity index (χ0v) is 23.5. The fourth-order valence-corrected chi connectivity index (χ4v) is 5.80. The van der Waals surface area contributed by atoms with Crippen LogP contribution in [0.2, 0.25) is 0 Å². The van der Waals surface area contributed by atoms with Crippen molar-refractivity contribution in [3.8, 4) is 0 Å². The van der Waals surface area contributed by atoms with Crippen molar-refractivity contribution in [2.24, 2.45) is 0 Å². The van der Waals surface area contributed by atoms with Crippen LogP contribution < -0.4 is 5.32 Å². The summed E-state index contributed by atoms with van der Waals surface area (Å²) < 4.78 is 27.1. The first-order chi connectivity index (χ1) is 20.7. The fourth-order valence-electron chi connectivity index (χ4n) is 5.80. The molecule has 1 unspecified atom stereocenters. The standard InChI is InChI=1S/C25H43NO18/c1-6-11(14(32)19(37)24(40-6)44-22-10(5-29)41-23(39)18(36)17(22)35)26-8-2-7(3-27)21(16(34)12(8)30)43-25-20(38)15(33)13(31)9(4-28)42-25/h2,6,8-39H,3-5H2,1H3/t6-,8+,9-,10-,11-,12+,13-,14+,15+,16-,17-,18-,19-,20-,21-,22-,23?,24-,25-/m1/s1. The van der Waals surface area contributed by atoms with Gasteiger partial charge in [-0.25, -0.2) is 0 Å². The third-order valence-electron chi connectivity index (χ3n) is 8.47. The second kappa shape index (κ2) is 14.8. The van der Waals surface area contributed by atoms with E-state index in [1.165, 1.54) is 13.0 Å². The van der Waals surface area contributed by atoms with Gasteiger partial charge >= 0.3 is 0 Å². The minimum Gasteiger partial charge on any atom is -0.394 e. The van der Waals surface area contributed by atoms with Gasteiger partial charge in [0.25, 0.3) is 0 Å². The first-order valence-electron chi connectivity index (χ1n) is 14.1. The Morgan fingerprint density at radius 1 is 0.636 bits per heavy atom. The van der Waals surface area contributed by atoms with Gasteiger partial charge in [-0.05, 0) is 12.5 Å². The predicted octanol–water partition coefficient (Wildman–Crippen LogP) is -8.56. The van der Waals surface area contributed by atoms with Gasteiger partial charge in [-0.2, -0.15) is 0 Å². The molecule has 1 aliphatic carbocycles. The van der Waals surface area contributed by atoms with Gasteiger partial charge in [0.05, 0.1) is 38.0 Å². The minimum atomic E-state index is -1.82. The largest absolute Gasteiger partial charge is 0.394 e. The Morgan fingerprint density at radius 3 is 1.86 bits per heavy atom. The second-order valence-electron chi connectivity index (χ2n) is 11.4. The van der Waals surface area contributed by atoms with Gasteiger partial charge in [0.1, 0.15) is 79.4 Å². The highest BCUT2D eigenvalue weighted by Gasteiger charge is 2.52. The van der Waals surface area contributed by atoms with Crippen molar-refractivity contribution in [1.29, 1.82) is 0 Å². The summed E-state index contributed by atoms with van der Waals surface area (Å²) in [4.78, 5) is 0. The van der Waals surface area contributed by atoms with Crippen molar-refractivity contribution in [2.75, 3.05) is 19.8 Å². The van der Waals surface area contributed by atoms with Crippen LogP contribution in [0.15, 0.2) is 11.6 Å². The molecule has 0 aromatic rings. The second-order valence-corrected chi connectivity index (χ2v) is 11.4. The Morgan fingerprint density at radius 2 is 1.25 bits per heavy atom. The van der Waals surface area contributed by atoms with Gasteiger partial charge < -0.3 is 95.4 Å². The molecule has 0 aromatic heterocycles. The summed E-state index contributed by atoms with van der Waals surface area (Å²) in [6.45, 7) is -0.731. The summed E-state index contributed by atoms with van der Waals surface area (Å²) in [7, 11) is 0. The molecule has 0 bridgehead atoms. The molecule has 0 spiro atoms. The van der Waals surface area contributed by atoms with E-state index in [1.807, 2.05) is 0 Å². The van der Waals surface area contributed by atoms with Crippen LogP contribution >= 0.6 is 0 Å². The molecule has 256 valence electrons. The SMILES string of the molecule is C[C@H]1O[C@H](O[C@H]2[C@H](O)[C@@H](O)C(O)O[C@@H]2CO)[C@H](O)[C@@H](O)[C@@H]1N[C@H]1C=C(CO)[C@@H](O[C@H]2O[C@H](CO)[C@@H](O)[C@H](O)[C@H]2O)[C@H](O)[C@H]1O. The third-order valence-corrected chi connectivity index (χ3v) is 8.47. The van der Waals surface area contributed by atoms with Gasteiger partial charge in [0.15, 0.2) is 18.9 Å². The molecule has 0 radical (unpaired) electrons. The number of rotatable bonds is 9.